The van der Waals surface area contributed by atoms with Gasteiger partial charge in [-0.05, 0) is 40.8 Å². The van der Waals surface area contributed by atoms with Crippen molar-refractivity contribution in [1.82, 2.24) is 5.32 Å². The van der Waals surface area contributed by atoms with E-state index >= 15 is 0 Å². The molecule has 0 saturated carbocycles. The van der Waals surface area contributed by atoms with Gasteiger partial charge in [0.25, 0.3) is 0 Å². The number of rotatable bonds is 6. The molecule has 1 aliphatic rings. The van der Waals surface area contributed by atoms with Gasteiger partial charge in [0.1, 0.15) is 24.6 Å². The fourth-order valence-electron chi connectivity index (χ4n) is 4.19. The van der Waals surface area contributed by atoms with Crippen LogP contribution in [-0.4, -0.2) is 40.7 Å². The molecule has 31 heavy (non-hydrogen) atoms. The lowest BCUT2D eigenvalue weighted by molar-refractivity contribution is 0.0169. The van der Waals surface area contributed by atoms with E-state index in [0.717, 1.165) is 22.3 Å². The van der Waals surface area contributed by atoms with Crippen LogP contribution in [0.1, 0.15) is 34.3 Å². The lowest BCUT2D eigenvalue weighted by atomic mass is 9.98. The highest BCUT2D eigenvalue weighted by molar-refractivity contribution is 5.79. The van der Waals surface area contributed by atoms with E-state index in [1.807, 2.05) is 36.4 Å². The van der Waals surface area contributed by atoms with Crippen molar-refractivity contribution in [2.24, 2.45) is 0 Å². The van der Waals surface area contributed by atoms with Crippen LogP contribution in [0.4, 0.5) is 4.79 Å². The molecule has 2 atom stereocenters. The lowest BCUT2D eigenvalue weighted by Gasteiger charge is -2.21. The number of phenols is 1. The molecule has 6 nitrogen and oxygen atoms in total. The molecule has 160 valence electrons. The quantitative estimate of drug-likeness (QED) is 0.489. The number of aliphatic hydroxyl groups excluding tert-OH is 2. The zero-order valence-corrected chi connectivity index (χ0v) is 17.2. The maximum Gasteiger partial charge on any atom is 0.407 e. The molecule has 2 unspecified atom stereocenters. The number of aliphatic hydroxyl groups is 2. The second kappa shape index (κ2) is 8.79. The Morgan fingerprint density at radius 3 is 2.19 bits per heavy atom. The van der Waals surface area contributed by atoms with Gasteiger partial charge >= 0.3 is 6.09 Å². The highest BCUT2D eigenvalue weighted by Gasteiger charge is 2.29. The molecule has 0 radical (unpaired) electrons. The lowest BCUT2D eigenvalue weighted by Crippen LogP contribution is -2.36. The number of carbonyl (C=O) groups is 1. The number of alkyl carbamates (subject to hydrolysis) is 1. The monoisotopic (exact) mass is 419 g/mol. The van der Waals surface area contributed by atoms with Crippen molar-refractivity contribution < 1.29 is 24.9 Å². The number of ether oxygens (including phenoxy) is 1. The Labute approximate surface area is 180 Å². The molecule has 0 aliphatic heterocycles. The molecule has 0 saturated heterocycles. The predicted octanol–water partition coefficient (Wildman–Crippen LogP) is 3.63. The average Bonchev–Trinajstić information content (AvgIpc) is 3.09. The maximum absolute atomic E-state index is 12.2. The second-order valence-corrected chi connectivity index (χ2v) is 7.73. The van der Waals surface area contributed by atoms with Gasteiger partial charge in [0.15, 0.2) is 0 Å². The van der Waals surface area contributed by atoms with Gasteiger partial charge in [-0.1, -0.05) is 60.7 Å². The Hall–Kier alpha value is -3.35. The summed E-state index contributed by atoms with van der Waals surface area (Å²) in [6.45, 7) is 1.67. The third kappa shape index (κ3) is 4.13. The van der Waals surface area contributed by atoms with E-state index < -0.39 is 18.3 Å². The first-order valence-electron chi connectivity index (χ1n) is 10.2. The van der Waals surface area contributed by atoms with Gasteiger partial charge in [-0.3, -0.25) is 0 Å². The van der Waals surface area contributed by atoms with Gasteiger partial charge in [-0.2, -0.15) is 0 Å². The van der Waals surface area contributed by atoms with E-state index in [0.29, 0.717) is 5.56 Å². The zero-order chi connectivity index (χ0) is 22.0. The van der Waals surface area contributed by atoms with Gasteiger partial charge in [-0.15, -0.1) is 0 Å². The molecule has 6 heteroatoms. The van der Waals surface area contributed by atoms with Crippen molar-refractivity contribution in [2.45, 2.75) is 25.0 Å². The molecule has 1 aliphatic carbocycles. The molecule has 0 fully saturated rings. The van der Waals surface area contributed by atoms with Crippen LogP contribution in [0.15, 0.2) is 66.7 Å². The first-order chi connectivity index (χ1) is 15.0. The van der Waals surface area contributed by atoms with E-state index in [4.69, 9.17) is 4.74 Å². The van der Waals surface area contributed by atoms with Crippen molar-refractivity contribution in [3.63, 3.8) is 0 Å². The third-order valence-corrected chi connectivity index (χ3v) is 5.76. The highest BCUT2D eigenvalue weighted by atomic mass is 16.5. The van der Waals surface area contributed by atoms with Crippen LogP contribution in [0.2, 0.25) is 0 Å². The number of amides is 1. The molecular formula is C25H25NO5. The van der Waals surface area contributed by atoms with Crippen LogP contribution >= 0.6 is 0 Å². The summed E-state index contributed by atoms with van der Waals surface area (Å²) in [5, 5.41) is 33.1. The molecule has 0 bridgehead atoms. The molecule has 4 N–H and O–H groups in total. The minimum atomic E-state index is -1.34. The standard InChI is InChI=1S/C25H25NO5/c1-15-7-6-12-21(27)23(15)24(29)22(28)13-26-25(30)31-14-20-18-10-4-2-8-16(18)17-9-3-5-11-19(17)20/h2-12,20,22,24,27-29H,13-14H2,1H3,(H,26,30). The van der Waals surface area contributed by atoms with Crippen LogP contribution < -0.4 is 5.32 Å². The summed E-state index contributed by atoms with van der Waals surface area (Å²) < 4.78 is 5.43. The number of aryl methyl sites for hydroxylation is 1. The summed E-state index contributed by atoms with van der Waals surface area (Å²) in [4.78, 5) is 12.2. The number of benzene rings is 3. The Morgan fingerprint density at radius 1 is 0.968 bits per heavy atom. The van der Waals surface area contributed by atoms with Gasteiger partial charge in [0, 0.05) is 18.0 Å². The van der Waals surface area contributed by atoms with Crippen molar-refractivity contribution in [3.05, 3.63) is 89.0 Å². The number of nitrogens with one attached hydrogen (secondary N) is 1. The minimum Gasteiger partial charge on any atom is -0.508 e. The summed E-state index contributed by atoms with van der Waals surface area (Å²) >= 11 is 0. The number of hydrogen-bond acceptors (Lipinski definition) is 5. The van der Waals surface area contributed by atoms with Crippen molar-refractivity contribution in [2.75, 3.05) is 13.2 Å². The van der Waals surface area contributed by atoms with Crippen LogP contribution in [0, 0.1) is 6.92 Å². The van der Waals surface area contributed by atoms with Crippen LogP contribution in [0.25, 0.3) is 11.1 Å². The molecule has 1 amide bonds. The van der Waals surface area contributed by atoms with Crippen LogP contribution in [0.3, 0.4) is 0 Å². The van der Waals surface area contributed by atoms with E-state index in [1.165, 1.54) is 6.07 Å². The summed E-state index contributed by atoms with van der Waals surface area (Å²) in [6, 6.07) is 20.9. The highest BCUT2D eigenvalue weighted by Crippen LogP contribution is 2.44. The topological polar surface area (TPSA) is 99.0 Å². The first-order valence-corrected chi connectivity index (χ1v) is 10.2. The van der Waals surface area contributed by atoms with Gasteiger partial charge in [0.05, 0.1) is 0 Å². The third-order valence-electron chi connectivity index (χ3n) is 5.76. The van der Waals surface area contributed by atoms with E-state index in [2.05, 4.69) is 17.4 Å². The van der Waals surface area contributed by atoms with Gasteiger partial charge in [-0.25, -0.2) is 4.79 Å². The minimum absolute atomic E-state index is 0.0578. The second-order valence-electron chi connectivity index (χ2n) is 7.73. The molecule has 0 aromatic heterocycles. The number of aromatic hydroxyl groups is 1. The molecule has 4 rings (SSSR count). The number of fused-ring (bicyclic) bond motifs is 3. The summed E-state index contributed by atoms with van der Waals surface area (Å²) in [6.07, 6.45) is -3.32. The van der Waals surface area contributed by atoms with E-state index in [1.54, 1.807) is 19.1 Å². The number of hydrogen-bond donors (Lipinski definition) is 4. The Balaban J connectivity index is 1.36. The Kier molecular flexibility index (Phi) is 5.93. The number of carbonyl (C=O) groups excluding carboxylic acids is 1. The van der Waals surface area contributed by atoms with Crippen molar-refractivity contribution >= 4 is 6.09 Å². The van der Waals surface area contributed by atoms with Gasteiger partial charge < -0.3 is 25.4 Å². The van der Waals surface area contributed by atoms with E-state index in [-0.39, 0.29) is 30.4 Å². The molecule has 3 aromatic rings. The molecule has 0 heterocycles. The fourth-order valence-corrected chi connectivity index (χ4v) is 4.19. The van der Waals surface area contributed by atoms with Crippen molar-refractivity contribution in [3.8, 4) is 16.9 Å². The van der Waals surface area contributed by atoms with E-state index in [9.17, 15) is 20.1 Å². The van der Waals surface area contributed by atoms with Gasteiger partial charge in [0.2, 0.25) is 0 Å². The van der Waals surface area contributed by atoms with Crippen LogP contribution in [0.5, 0.6) is 5.75 Å². The Morgan fingerprint density at radius 2 is 1.58 bits per heavy atom. The molecular weight excluding hydrogens is 394 g/mol. The normalized spacial score (nSPS) is 14.4. The fraction of sp³-hybridized carbons (Fsp3) is 0.240. The smallest absolute Gasteiger partial charge is 0.407 e. The largest absolute Gasteiger partial charge is 0.508 e. The zero-order valence-electron chi connectivity index (χ0n) is 17.2. The summed E-state index contributed by atoms with van der Waals surface area (Å²) in [5.74, 6) is -0.162. The maximum atomic E-state index is 12.2. The Bertz CT molecular complexity index is 1030. The summed E-state index contributed by atoms with van der Waals surface area (Å²) in [5.41, 5.74) is 5.40. The first kappa shape index (κ1) is 20.9. The average molecular weight is 419 g/mol. The summed E-state index contributed by atoms with van der Waals surface area (Å²) in [7, 11) is 0. The SMILES string of the molecule is Cc1cccc(O)c1C(O)C(O)CNC(=O)OCC1c2ccccc2-c2ccccc21. The molecule has 3 aromatic carbocycles. The predicted molar refractivity (Wildman–Crippen MR) is 117 cm³/mol. The number of phenolic OH excluding ortho intramolecular Hbond substituents is 1. The van der Waals surface area contributed by atoms with Crippen LogP contribution in [-0.2, 0) is 4.74 Å². The van der Waals surface area contributed by atoms with Crippen molar-refractivity contribution in [1.29, 1.82) is 0 Å². The molecule has 0 spiro atoms.